The van der Waals surface area contributed by atoms with E-state index in [2.05, 4.69) is 4.90 Å². The molecule has 2 aromatic carbocycles. The second kappa shape index (κ2) is 8.39. The fraction of sp³-hybridized carbons (Fsp3) is 0.368. The number of hydrogen-bond donors (Lipinski definition) is 0. The van der Waals surface area contributed by atoms with Crippen LogP contribution in [-0.4, -0.2) is 57.5 Å². The molecule has 5 nitrogen and oxygen atoms in total. The monoisotopic (exact) mass is 394 g/mol. The smallest absolute Gasteiger partial charge is 0.243 e. The van der Waals surface area contributed by atoms with Crippen molar-refractivity contribution in [2.45, 2.75) is 11.3 Å². The molecular formula is C19H23ClN2O3S. The molecule has 0 aliphatic carbocycles. The van der Waals surface area contributed by atoms with Crippen LogP contribution in [0.5, 0.6) is 5.75 Å². The summed E-state index contributed by atoms with van der Waals surface area (Å²) in [5.74, 6) is 0.649. The molecule has 1 heterocycles. The van der Waals surface area contributed by atoms with E-state index in [-0.39, 0.29) is 0 Å². The summed E-state index contributed by atoms with van der Waals surface area (Å²) in [5.41, 5.74) is 1.24. The Labute approximate surface area is 160 Å². The summed E-state index contributed by atoms with van der Waals surface area (Å²) in [6.45, 7) is 3.41. The molecular weight excluding hydrogens is 372 g/mol. The Morgan fingerprint density at radius 2 is 1.58 bits per heavy atom. The van der Waals surface area contributed by atoms with Gasteiger partial charge in [-0.3, -0.25) is 0 Å². The molecule has 0 unspecified atom stereocenters. The summed E-state index contributed by atoms with van der Waals surface area (Å²) >= 11 is 5.91. The van der Waals surface area contributed by atoms with Crippen molar-refractivity contribution in [3.05, 3.63) is 59.1 Å². The van der Waals surface area contributed by atoms with Crippen LogP contribution < -0.4 is 4.74 Å². The maximum Gasteiger partial charge on any atom is 0.243 e. The Bertz CT molecular complexity index is 815. The van der Waals surface area contributed by atoms with E-state index in [0.717, 1.165) is 31.1 Å². The van der Waals surface area contributed by atoms with Crippen LogP contribution in [0.2, 0.25) is 5.02 Å². The predicted octanol–water partition coefficient (Wildman–Crippen LogP) is 2.90. The van der Waals surface area contributed by atoms with E-state index in [0.29, 0.717) is 23.7 Å². The first-order valence-electron chi connectivity index (χ1n) is 8.60. The highest BCUT2D eigenvalue weighted by atomic mass is 35.5. The van der Waals surface area contributed by atoms with Crippen molar-refractivity contribution in [3.8, 4) is 5.75 Å². The number of rotatable bonds is 6. The van der Waals surface area contributed by atoms with Crippen molar-refractivity contribution in [1.82, 2.24) is 9.21 Å². The molecule has 0 amide bonds. The predicted molar refractivity (Wildman–Crippen MR) is 103 cm³/mol. The van der Waals surface area contributed by atoms with Crippen molar-refractivity contribution in [3.63, 3.8) is 0 Å². The lowest BCUT2D eigenvalue weighted by atomic mass is 10.1. The van der Waals surface area contributed by atoms with Crippen LogP contribution >= 0.6 is 11.6 Å². The molecule has 0 bridgehead atoms. The minimum Gasteiger partial charge on any atom is -0.497 e. The van der Waals surface area contributed by atoms with Gasteiger partial charge in [0.05, 0.1) is 12.0 Å². The molecule has 26 heavy (non-hydrogen) atoms. The summed E-state index contributed by atoms with van der Waals surface area (Å²) in [6, 6.07) is 14.4. The SMILES string of the molecule is COc1ccc(S(=O)(=O)N2CCN(CCc3ccc(Cl)cc3)CC2)cc1. The van der Waals surface area contributed by atoms with Crippen LogP contribution in [-0.2, 0) is 16.4 Å². The van der Waals surface area contributed by atoms with Crippen LogP contribution in [0, 0.1) is 0 Å². The quantitative estimate of drug-likeness (QED) is 0.755. The minimum absolute atomic E-state index is 0.313. The van der Waals surface area contributed by atoms with Gasteiger partial charge in [0.15, 0.2) is 0 Å². The number of piperazine rings is 1. The van der Waals surface area contributed by atoms with E-state index in [1.54, 1.807) is 35.7 Å². The van der Waals surface area contributed by atoms with Crippen LogP contribution in [0.15, 0.2) is 53.4 Å². The zero-order valence-electron chi connectivity index (χ0n) is 14.8. The molecule has 0 atom stereocenters. The standard InChI is InChI=1S/C19H23ClN2O3S/c1-25-18-6-8-19(9-7-18)26(23,24)22-14-12-21(13-15-22)11-10-16-2-4-17(20)5-3-16/h2-9H,10-15H2,1H3. The Morgan fingerprint density at radius 3 is 2.15 bits per heavy atom. The number of methoxy groups -OCH3 is 1. The summed E-state index contributed by atoms with van der Waals surface area (Å²) in [4.78, 5) is 2.61. The number of nitrogens with zero attached hydrogens (tertiary/aromatic N) is 2. The van der Waals surface area contributed by atoms with Gasteiger partial charge in [-0.2, -0.15) is 4.31 Å². The van der Waals surface area contributed by atoms with Crippen molar-refractivity contribution in [2.75, 3.05) is 39.8 Å². The Hall–Kier alpha value is -1.60. The third kappa shape index (κ3) is 4.57. The number of benzene rings is 2. The molecule has 2 aromatic rings. The molecule has 0 radical (unpaired) electrons. The molecule has 0 aromatic heterocycles. The molecule has 3 rings (SSSR count). The molecule has 0 spiro atoms. The molecule has 1 saturated heterocycles. The number of hydrogen-bond acceptors (Lipinski definition) is 4. The molecule has 140 valence electrons. The normalized spacial score (nSPS) is 16.5. The third-order valence-corrected chi connectivity index (χ3v) is 6.82. The highest BCUT2D eigenvalue weighted by Crippen LogP contribution is 2.21. The maximum absolute atomic E-state index is 12.8. The van der Waals surface area contributed by atoms with Gasteiger partial charge in [0.2, 0.25) is 10.0 Å². The van der Waals surface area contributed by atoms with E-state index in [1.165, 1.54) is 5.56 Å². The molecule has 1 aliphatic heterocycles. The Morgan fingerprint density at radius 1 is 0.962 bits per heavy atom. The summed E-state index contributed by atoms with van der Waals surface area (Å²) < 4.78 is 32.2. The zero-order chi connectivity index (χ0) is 18.6. The van der Waals surface area contributed by atoms with Crippen LogP contribution in [0.3, 0.4) is 0 Å². The topological polar surface area (TPSA) is 49.9 Å². The van der Waals surface area contributed by atoms with Gasteiger partial charge >= 0.3 is 0 Å². The lowest BCUT2D eigenvalue weighted by Crippen LogP contribution is -2.48. The summed E-state index contributed by atoms with van der Waals surface area (Å²) in [7, 11) is -1.88. The first-order valence-corrected chi connectivity index (χ1v) is 10.4. The van der Waals surface area contributed by atoms with E-state index >= 15 is 0 Å². The number of halogens is 1. The van der Waals surface area contributed by atoms with Gasteiger partial charge in [0, 0.05) is 37.7 Å². The second-order valence-corrected chi connectivity index (χ2v) is 8.67. The van der Waals surface area contributed by atoms with E-state index in [9.17, 15) is 8.42 Å². The van der Waals surface area contributed by atoms with Crippen LogP contribution in [0.4, 0.5) is 0 Å². The van der Waals surface area contributed by atoms with Gasteiger partial charge in [0.1, 0.15) is 5.75 Å². The highest BCUT2D eigenvalue weighted by molar-refractivity contribution is 7.89. The van der Waals surface area contributed by atoms with Crippen molar-refractivity contribution in [1.29, 1.82) is 0 Å². The minimum atomic E-state index is -3.45. The van der Waals surface area contributed by atoms with Crippen molar-refractivity contribution < 1.29 is 13.2 Å². The summed E-state index contributed by atoms with van der Waals surface area (Å²) in [6.07, 6.45) is 0.933. The Balaban J connectivity index is 1.54. The van der Waals surface area contributed by atoms with Crippen molar-refractivity contribution in [2.24, 2.45) is 0 Å². The lowest BCUT2D eigenvalue weighted by Gasteiger charge is -2.34. The second-order valence-electron chi connectivity index (χ2n) is 6.30. The Kier molecular flexibility index (Phi) is 6.19. The average molecular weight is 395 g/mol. The van der Waals surface area contributed by atoms with Gasteiger partial charge in [-0.25, -0.2) is 8.42 Å². The fourth-order valence-electron chi connectivity index (χ4n) is 3.03. The molecule has 0 saturated carbocycles. The zero-order valence-corrected chi connectivity index (χ0v) is 16.3. The average Bonchev–Trinajstić information content (AvgIpc) is 2.68. The molecule has 1 fully saturated rings. The number of sulfonamides is 1. The van der Waals surface area contributed by atoms with Crippen LogP contribution in [0.25, 0.3) is 0 Å². The van der Waals surface area contributed by atoms with Gasteiger partial charge in [-0.15, -0.1) is 0 Å². The highest BCUT2D eigenvalue weighted by Gasteiger charge is 2.28. The van der Waals surface area contributed by atoms with Gasteiger partial charge < -0.3 is 9.64 Å². The van der Waals surface area contributed by atoms with Gasteiger partial charge in [-0.1, -0.05) is 23.7 Å². The molecule has 1 aliphatic rings. The van der Waals surface area contributed by atoms with Crippen molar-refractivity contribution >= 4 is 21.6 Å². The van der Waals surface area contributed by atoms with E-state index in [4.69, 9.17) is 16.3 Å². The fourth-order valence-corrected chi connectivity index (χ4v) is 4.58. The molecule has 0 N–H and O–H groups in total. The summed E-state index contributed by atoms with van der Waals surface area (Å²) in [5, 5.41) is 0.742. The molecule has 7 heteroatoms. The maximum atomic E-state index is 12.8. The third-order valence-electron chi connectivity index (χ3n) is 4.66. The van der Waals surface area contributed by atoms with E-state index < -0.39 is 10.0 Å². The first-order chi connectivity index (χ1) is 12.5. The van der Waals surface area contributed by atoms with Gasteiger partial charge in [0.25, 0.3) is 0 Å². The first kappa shape index (κ1) is 19.2. The van der Waals surface area contributed by atoms with E-state index in [1.807, 2.05) is 24.3 Å². The number of ether oxygens (including phenoxy) is 1. The van der Waals surface area contributed by atoms with Crippen LogP contribution in [0.1, 0.15) is 5.56 Å². The largest absolute Gasteiger partial charge is 0.497 e. The lowest BCUT2D eigenvalue weighted by molar-refractivity contribution is 0.190. The van der Waals surface area contributed by atoms with Gasteiger partial charge in [-0.05, 0) is 48.4 Å².